The van der Waals surface area contributed by atoms with Crippen molar-refractivity contribution in [3.63, 3.8) is 0 Å². The van der Waals surface area contributed by atoms with Gasteiger partial charge in [0.25, 0.3) is 0 Å². The van der Waals surface area contributed by atoms with Crippen molar-refractivity contribution in [3.05, 3.63) is 440 Å². The molecule has 8 aromatic heterocycles. The molecule has 0 atom stereocenters. The molecule has 0 amide bonds. The SMILES string of the molecule is CCc1cccc(CC)c1-n1cc(C#N)nc1-c1[c-]cc(Cc2ccccc2)cc1.Cc1c[c-]c(-c2nc(C#N)cn2-c2c(C)cc(C)cc2C)cc1.Cc1cc(C)c(-n2cc(C#N)nc2-c2[c-]cc3oc4cccnc4c3c2)c(C)c1.Cc1cccc(C)c1-n1cc(C#N)nc1-c1[c-]cc2c(c1)c1ccccc1n2-c1ccccc1.Cc1cccc(C)c1-n1cc(C#N)nc1-c1[c-]cccc1F.[Ir].[Ir].[Ir].[Ir].[Ir]. The van der Waals surface area contributed by atoms with Crippen molar-refractivity contribution >= 4 is 43.9 Å². The number of benzene rings is 13. The number of fused-ring (bicyclic) bond motifs is 6. The second-order valence-electron chi connectivity index (χ2n) is 34.1. The maximum absolute atomic E-state index is 14.1. The Bertz CT molecular complexity index is 8330. The maximum Gasteiger partial charge on any atom is 0.148 e. The van der Waals surface area contributed by atoms with Gasteiger partial charge in [0.2, 0.25) is 0 Å². The first kappa shape index (κ1) is 107. The smallest absolute Gasteiger partial charge is 0.148 e. The molecule has 21 aromatic rings. The second-order valence-corrected chi connectivity index (χ2v) is 34.1. The minimum Gasteiger partial charge on any atom is -0.499 e. The van der Waals surface area contributed by atoms with Gasteiger partial charge in [-0.05, 0) is 191 Å². The second kappa shape index (κ2) is 47.7. The number of nitrogens with zero attached hydrogens (tertiary/aromatic N) is 17. The molecule has 0 unspecified atom stereocenters. The zero-order chi connectivity index (χ0) is 96.5. The number of hydrogen-bond donors (Lipinski definition) is 0. The van der Waals surface area contributed by atoms with Gasteiger partial charge < -0.3 is 31.8 Å². The first-order chi connectivity index (χ1) is 67.0. The van der Waals surface area contributed by atoms with Gasteiger partial charge in [0.15, 0.2) is 0 Å². The molecule has 24 heteroatoms. The summed E-state index contributed by atoms with van der Waals surface area (Å²) in [5.41, 5.74) is 33.7. The van der Waals surface area contributed by atoms with Crippen molar-refractivity contribution in [1.29, 1.82) is 26.3 Å². The van der Waals surface area contributed by atoms with Gasteiger partial charge in [-0.25, -0.2) is 0 Å². The number of para-hydroxylation sites is 5. The van der Waals surface area contributed by atoms with E-state index in [1.165, 1.54) is 44.8 Å². The summed E-state index contributed by atoms with van der Waals surface area (Å²) in [7, 11) is 0. The van der Waals surface area contributed by atoms with Crippen LogP contribution in [0.2, 0.25) is 0 Å². The van der Waals surface area contributed by atoms with Gasteiger partial charge in [0, 0.05) is 183 Å². The van der Waals surface area contributed by atoms with Gasteiger partial charge in [-0.3, -0.25) is 34.3 Å². The van der Waals surface area contributed by atoms with Gasteiger partial charge in [-0.2, -0.15) is 26.3 Å². The van der Waals surface area contributed by atoms with Gasteiger partial charge in [-0.15, -0.1) is 143 Å². The van der Waals surface area contributed by atoms with Crippen LogP contribution in [0.1, 0.15) is 126 Å². The topological polar surface area (TPSA) is 239 Å². The van der Waals surface area contributed by atoms with E-state index >= 15 is 0 Å². The van der Waals surface area contributed by atoms with Crippen LogP contribution in [0.5, 0.6) is 0 Å². The normalized spacial score (nSPS) is 10.5. The van der Waals surface area contributed by atoms with Gasteiger partial charge in [-0.1, -0.05) is 194 Å². The molecule has 5 radical (unpaired) electrons. The van der Waals surface area contributed by atoms with E-state index in [1.807, 2.05) is 144 Å². The molecule has 717 valence electrons. The average molecular weight is 2760 g/mol. The van der Waals surface area contributed by atoms with E-state index in [0.29, 0.717) is 40.2 Å². The van der Waals surface area contributed by atoms with Crippen LogP contribution >= 0.6 is 0 Å². The molecule has 0 saturated carbocycles. The van der Waals surface area contributed by atoms with E-state index in [-0.39, 0.29) is 112 Å². The van der Waals surface area contributed by atoms with E-state index < -0.39 is 5.82 Å². The summed E-state index contributed by atoms with van der Waals surface area (Å²) in [6, 6.07) is 112. The Morgan fingerprint density at radius 2 is 0.748 bits per heavy atom. The number of rotatable bonds is 15. The Balaban J connectivity index is 0.000000159. The molecule has 18 nitrogen and oxygen atoms in total. The van der Waals surface area contributed by atoms with Crippen molar-refractivity contribution in [3.8, 4) is 121 Å². The molecule has 21 rings (SSSR count). The van der Waals surface area contributed by atoms with Gasteiger partial charge >= 0.3 is 0 Å². The quantitative estimate of drug-likeness (QED) is 0.0871. The van der Waals surface area contributed by atoms with Gasteiger partial charge in [0.05, 0.1) is 40.2 Å². The maximum atomic E-state index is 14.1. The molecule has 0 aliphatic rings. The molecular formula is C119H93FIr5N17O-5. The zero-order valence-electron chi connectivity index (χ0n) is 80.4. The predicted octanol–water partition coefficient (Wildman–Crippen LogP) is 26.7. The number of pyridine rings is 1. The molecular weight excluding hydrogens is 2660 g/mol. The van der Waals surface area contributed by atoms with E-state index in [4.69, 9.17) is 9.68 Å². The van der Waals surface area contributed by atoms with Crippen molar-refractivity contribution in [1.82, 2.24) is 57.3 Å². The van der Waals surface area contributed by atoms with Crippen LogP contribution in [-0.2, 0) is 120 Å². The van der Waals surface area contributed by atoms with E-state index in [9.17, 15) is 25.4 Å². The van der Waals surface area contributed by atoms with Gasteiger partial charge in [0.1, 0.15) is 64.4 Å². The number of hydrogen-bond acceptors (Lipinski definition) is 12. The zero-order valence-corrected chi connectivity index (χ0v) is 92.4. The van der Waals surface area contributed by atoms with Crippen LogP contribution in [-0.4, -0.2) is 57.3 Å². The number of imidazole rings is 5. The standard InChI is InChI=1S/C30H21N4.C27H24N3.C24H17N4O.C20H18N3.C18H13FN3.5Ir/c1-20-9-8-10-21(2)29(20)33-19-23(18-31)32-30(33)22-15-16-28-26(17-22)25-13-6-7-14-27(25)34(28)24-11-4-3-5-12-24;1-3-22-11-8-12-23(4-2)26(22)30-19-25(18-28)29-27(30)24-15-13-21(14-16-24)17-20-9-6-5-7-10-20;1-14-9-15(2)23(16(3)10-14)28-13-18(12-25)27-24(28)17-6-7-20-19(11-17)22-21(29-20)5-4-8-26-22;1-13-5-7-17(8-6-13)20-22-18(11-21)12-23(20)19-15(3)9-14(2)10-16(19)4;1-12-6-5-7-13(2)17(12)22-11-14(10-20)21-18(22)15-8-3-4-9-16(15)19;;;;;/h3-14,16-17,19H,1-2H3;5-15,19H,3-4,17H2,1-2H3;4-5,7-11,13H,1-3H3;5-7,9-10,12H,1-4H3;3-7,9,11H,1-2H3;;;;;/q5*-1;;;;;. The van der Waals surface area contributed by atoms with Crippen LogP contribution in [0.15, 0.2) is 296 Å². The summed E-state index contributed by atoms with van der Waals surface area (Å²) in [5.74, 6) is 2.86. The molecule has 0 aliphatic carbocycles. The van der Waals surface area contributed by atoms with Crippen LogP contribution in [0.25, 0.3) is 135 Å². The third-order valence-electron chi connectivity index (χ3n) is 24.3. The summed E-state index contributed by atoms with van der Waals surface area (Å²) in [5, 5.41) is 50.2. The summed E-state index contributed by atoms with van der Waals surface area (Å²) in [4.78, 5) is 27.0. The number of nitriles is 5. The number of aryl methyl sites for hydroxylation is 13. The average Bonchev–Trinajstić information content (AvgIpc) is 1.51. The molecule has 8 heterocycles. The van der Waals surface area contributed by atoms with Crippen LogP contribution in [0.4, 0.5) is 4.39 Å². The Kier molecular flexibility index (Phi) is 35.7. The summed E-state index contributed by atoms with van der Waals surface area (Å²) >= 11 is 0. The van der Waals surface area contributed by atoms with Crippen LogP contribution < -0.4 is 0 Å². The Morgan fingerprint density at radius 3 is 1.22 bits per heavy atom. The summed E-state index contributed by atoms with van der Waals surface area (Å²) in [6.07, 6.45) is 13.3. The Hall–Kier alpha value is -14.7. The van der Waals surface area contributed by atoms with Crippen LogP contribution in [0, 0.1) is 169 Å². The van der Waals surface area contributed by atoms with Crippen molar-refractivity contribution in [2.75, 3.05) is 0 Å². The van der Waals surface area contributed by atoms with E-state index in [2.05, 4.69) is 308 Å². The number of furan rings is 1. The Morgan fingerprint density at radius 1 is 0.329 bits per heavy atom. The third-order valence-corrected chi connectivity index (χ3v) is 24.3. The van der Waals surface area contributed by atoms with E-state index in [0.717, 1.165) is 176 Å². The molecule has 0 spiro atoms. The minimum atomic E-state index is -0.412. The first-order valence-electron chi connectivity index (χ1n) is 45.3. The first-order valence-corrected chi connectivity index (χ1v) is 45.3. The van der Waals surface area contributed by atoms with E-state index in [1.54, 1.807) is 41.5 Å². The summed E-state index contributed by atoms with van der Waals surface area (Å²) in [6.45, 7) is 27.0. The predicted molar refractivity (Wildman–Crippen MR) is 542 cm³/mol. The summed E-state index contributed by atoms with van der Waals surface area (Å²) < 4.78 is 32.1. The molecule has 0 aliphatic heterocycles. The molecule has 0 saturated heterocycles. The van der Waals surface area contributed by atoms with Crippen molar-refractivity contribution in [2.45, 2.75) is 109 Å². The fourth-order valence-electron chi connectivity index (χ4n) is 18.3. The van der Waals surface area contributed by atoms with Crippen LogP contribution in [0.3, 0.4) is 0 Å². The molecule has 13 aromatic carbocycles. The fourth-order valence-corrected chi connectivity index (χ4v) is 18.3. The monoisotopic (exact) mass is 2760 g/mol. The van der Waals surface area contributed by atoms with Crippen molar-refractivity contribution < 1.29 is 109 Å². The fraction of sp³-hybridized carbons (Fsp3) is 0.134. The minimum absolute atomic E-state index is 0. The Labute approximate surface area is 899 Å². The molecule has 143 heavy (non-hydrogen) atoms. The number of aromatic nitrogens is 12. The van der Waals surface area contributed by atoms with Crippen molar-refractivity contribution in [2.24, 2.45) is 0 Å². The third kappa shape index (κ3) is 22.8. The molecule has 0 fully saturated rings. The largest absolute Gasteiger partial charge is 0.499 e. The number of halogens is 1. The molecule has 0 bridgehead atoms. The molecule has 0 N–H and O–H groups in total.